The summed E-state index contributed by atoms with van der Waals surface area (Å²) in [5.41, 5.74) is 0.690. The molecule has 1 aliphatic heterocycles. The SMILES string of the molecule is CCOc1cccc(CNC2CCCC2C2COCCN2)c1OC(F)F. The lowest BCUT2D eigenvalue weighted by molar-refractivity contribution is -0.0521. The van der Waals surface area contributed by atoms with Crippen molar-refractivity contribution in [3.8, 4) is 11.5 Å². The van der Waals surface area contributed by atoms with E-state index in [9.17, 15) is 8.78 Å². The Bertz CT molecular complexity index is 568. The Morgan fingerprint density at radius 3 is 2.96 bits per heavy atom. The zero-order valence-corrected chi connectivity index (χ0v) is 15.2. The molecule has 2 N–H and O–H groups in total. The first-order chi connectivity index (χ1) is 12.7. The van der Waals surface area contributed by atoms with Crippen LogP contribution in [0.3, 0.4) is 0 Å². The van der Waals surface area contributed by atoms with E-state index in [4.69, 9.17) is 14.2 Å². The fourth-order valence-corrected chi connectivity index (χ4v) is 4.02. The van der Waals surface area contributed by atoms with Gasteiger partial charge in [0.05, 0.1) is 19.8 Å². The summed E-state index contributed by atoms with van der Waals surface area (Å²) in [4.78, 5) is 0. The second kappa shape index (κ2) is 9.48. The zero-order valence-electron chi connectivity index (χ0n) is 15.2. The number of alkyl halides is 2. The Hall–Kier alpha value is -1.44. The monoisotopic (exact) mass is 370 g/mol. The average Bonchev–Trinajstić information content (AvgIpc) is 3.11. The molecule has 0 spiro atoms. The molecular formula is C19H28F2N2O3. The maximum Gasteiger partial charge on any atom is 0.387 e. The summed E-state index contributed by atoms with van der Waals surface area (Å²) in [5.74, 6) is 0.979. The normalized spacial score (nSPS) is 26.2. The van der Waals surface area contributed by atoms with Gasteiger partial charge in [0.2, 0.25) is 0 Å². The lowest BCUT2D eigenvalue weighted by Crippen LogP contribution is -2.50. The number of benzene rings is 1. The summed E-state index contributed by atoms with van der Waals surface area (Å²) >= 11 is 0. The Morgan fingerprint density at radius 1 is 1.35 bits per heavy atom. The molecule has 1 saturated heterocycles. The molecule has 1 heterocycles. The highest BCUT2D eigenvalue weighted by Crippen LogP contribution is 2.34. The minimum atomic E-state index is -2.88. The zero-order chi connectivity index (χ0) is 18.4. The number of hydrogen-bond donors (Lipinski definition) is 2. The maximum atomic E-state index is 12.8. The second-order valence-electron chi connectivity index (χ2n) is 6.77. The summed E-state index contributed by atoms with van der Waals surface area (Å²) in [5, 5.41) is 7.10. The molecule has 0 bridgehead atoms. The van der Waals surface area contributed by atoms with Crippen LogP contribution in [0.5, 0.6) is 11.5 Å². The van der Waals surface area contributed by atoms with Crippen molar-refractivity contribution in [3.05, 3.63) is 23.8 Å². The van der Waals surface area contributed by atoms with Crippen molar-refractivity contribution >= 4 is 0 Å². The molecule has 0 amide bonds. The average molecular weight is 370 g/mol. The molecule has 1 saturated carbocycles. The maximum absolute atomic E-state index is 12.8. The molecule has 146 valence electrons. The predicted molar refractivity (Wildman–Crippen MR) is 94.8 cm³/mol. The summed E-state index contributed by atoms with van der Waals surface area (Å²) in [6.45, 7) is 2.20. The van der Waals surface area contributed by atoms with Crippen molar-refractivity contribution in [1.82, 2.24) is 10.6 Å². The molecule has 0 aromatic heterocycles. The van der Waals surface area contributed by atoms with Crippen molar-refractivity contribution in [1.29, 1.82) is 0 Å². The number of rotatable bonds is 8. The van der Waals surface area contributed by atoms with E-state index in [0.29, 0.717) is 42.5 Å². The number of nitrogens with one attached hydrogen (secondary N) is 2. The molecule has 2 aliphatic rings. The van der Waals surface area contributed by atoms with Crippen molar-refractivity contribution in [2.24, 2.45) is 5.92 Å². The van der Waals surface area contributed by atoms with E-state index in [1.54, 1.807) is 12.1 Å². The molecule has 0 radical (unpaired) electrons. The number of ether oxygens (including phenoxy) is 3. The van der Waals surface area contributed by atoms with Gasteiger partial charge in [-0.2, -0.15) is 8.78 Å². The molecule has 26 heavy (non-hydrogen) atoms. The summed E-state index contributed by atoms with van der Waals surface area (Å²) in [7, 11) is 0. The van der Waals surface area contributed by atoms with Crippen LogP contribution in [0, 0.1) is 5.92 Å². The van der Waals surface area contributed by atoms with E-state index in [1.807, 2.05) is 13.0 Å². The van der Waals surface area contributed by atoms with Gasteiger partial charge in [-0.25, -0.2) is 0 Å². The van der Waals surface area contributed by atoms with Gasteiger partial charge in [0.1, 0.15) is 0 Å². The van der Waals surface area contributed by atoms with Crippen LogP contribution in [0.15, 0.2) is 18.2 Å². The van der Waals surface area contributed by atoms with E-state index in [2.05, 4.69) is 10.6 Å². The highest BCUT2D eigenvalue weighted by Gasteiger charge is 2.34. The van der Waals surface area contributed by atoms with Crippen LogP contribution in [0.4, 0.5) is 8.78 Å². The lowest BCUT2D eigenvalue weighted by Gasteiger charge is -2.33. The smallest absolute Gasteiger partial charge is 0.387 e. The molecule has 1 aliphatic carbocycles. The van der Waals surface area contributed by atoms with Gasteiger partial charge in [-0.3, -0.25) is 0 Å². The van der Waals surface area contributed by atoms with Crippen LogP contribution >= 0.6 is 0 Å². The van der Waals surface area contributed by atoms with Gasteiger partial charge in [0, 0.05) is 30.7 Å². The highest BCUT2D eigenvalue weighted by atomic mass is 19.3. The minimum absolute atomic E-state index is 0.130. The Kier molecular flexibility index (Phi) is 7.05. The third-order valence-corrected chi connectivity index (χ3v) is 5.16. The minimum Gasteiger partial charge on any atom is -0.490 e. The summed E-state index contributed by atoms with van der Waals surface area (Å²) in [6.07, 6.45) is 3.40. The highest BCUT2D eigenvalue weighted by molar-refractivity contribution is 5.46. The third kappa shape index (κ3) is 4.84. The number of morpholine rings is 1. The molecule has 1 aromatic rings. The number of halogens is 2. The second-order valence-corrected chi connectivity index (χ2v) is 6.77. The molecule has 3 atom stereocenters. The van der Waals surface area contributed by atoms with Crippen LogP contribution in [0.2, 0.25) is 0 Å². The largest absolute Gasteiger partial charge is 0.490 e. The Labute approximate surface area is 153 Å². The first kappa shape index (κ1) is 19.3. The van der Waals surface area contributed by atoms with Gasteiger partial charge in [-0.05, 0) is 31.7 Å². The quantitative estimate of drug-likeness (QED) is 0.737. The first-order valence-corrected chi connectivity index (χ1v) is 9.43. The Morgan fingerprint density at radius 2 is 2.23 bits per heavy atom. The molecular weight excluding hydrogens is 342 g/mol. The molecule has 7 heteroatoms. The number of hydrogen-bond acceptors (Lipinski definition) is 5. The van der Waals surface area contributed by atoms with Crippen molar-refractivity contribution in [2.75, 3.05) is 26.4 Å². The molecule has 3 unspecified atom stereocenters. The van der Waals surface area contributed by atoms with Gasteiger partial charge >= 0.3 is 6.61 Å². The van der Waals surface area contributed by atoms with Crippen LogP contribution in [-0.2, 0) is 11.3 Å². The van der Waals surface area contributed by atoms with E-state index < -0.39 is 6.61 Å². The molecule has 5 nitrogen and oxygen atoms in total. The van der Waals surface area contributed by atoms with Gasteiger partial charge in [-0.15, -0.1) is 0 Å². The number of para-hydroxylation sites is 1. The van der Waals surface area contributed by atoms with Gasteiger partial charge in [0.15, 0.2) is 11.5 Å². The van der Waals surface area contributed by atoms with Crippen LogP contribution in [0.1, 0.15) is 31.7 Å². The van der Waals surface area contributed by atoms with Gasteiger partial charge in [0.25, 0.3) is 0 Å². The van der Waals surface area contributed by atoms with Crippen molar-refractivity contribution in [2.45, 2.75) is 51.4 Å². The van der Waals surface area contributed by atoms with Crippen LogP contribution in [0.25, 0.3) is 0 Å². The van der Waals surface area contributed by atoms with Crippen LogP contribution < -0.4 is 20.1 Å². The molecule has 2 fully saturated rings. The van der Waals surface area contributed by atoms with Crippen molar-refractivity contribution < 1.29 is 23.0 Å². The van der Waals surface area contributed by atoms with Gasteiger partial charge < -0.3 is 24.8 Å². The van der Waals surface area contributed by atoms with Gasteiger partial charge in [-0.1, -0.05) is 18.6 Å². The van der Waals surface area contributed by atoms with E-state index in [1.165, 1.54) is 6.42 Å². The van der Waals surface area contributed by atoms with E-state index in [0.717, 1.165) is 32.6 Å². The summed E-state index contributed by atoms with van der Waals surface area (Å²) < 4.78 is 41.5. The topological polar surface area (TPSA) is 51.8 Å². The van der Waals surface area contributed by atoms with E-state index >= 15 is 0 Å². The van der Waals surface area contributed by atoms with Crippen LogP contribution in [-0.4, -0.2) is 45.1 Å². The summed E-state index contributed by atoms with van der Waals surface area (Å²) in [6, 6.07) is 5.97. The third-order valence-electron chi connectivity index (χ3n) is 5.16. The molecule has 1 aromatic carbocycles. The standard InChI is InChI=1S/C19H28F2N2O3/c1-2-25-17-8-3-5-13(18(17)26-19(20)21)11-23-15-7-4-6-14(15)16-12-24-10-9-22-16/h3,5,8,14-16,19,22-23H,2,4,6-7,9-12H2,1H3. The van der Waals surface area contributed by atoms with E-state index in [-0.39, 0.29) is 5.75 Å². The van der Waals surface area contributed by atoms with Crippen molar-refractivity contribution in [3.63, 3.8) is 0 Å². The molecule has 3 rings (SSSR count). The predicted octanol–water partition coefficient (Wildman–Crippen LogP) is 2.93. The fourth-order valence-electron chi connectivity index (χ4n) is 4.02. The first-order valence-electron chi connectivity index (χ1n) is 9.43. The Balaban J connectivity index is 1.67. The lowest BCUT2D eigenvalue weighted by atomic mass is 9.94. The fraction of sp³-hybridized carbons (Fsp3) is 0.684.